The predicted molar refractivity (Wildman–Crippen MR) is 82.4 cm³/mol. The molecule has 1 spiro atoms. The van der Waals surface area contributed by atoms with Crippen molar-refractivity contribution in [1.82, 2.24) is 15.1 Å². The summed E-state index contributed by atoms with van der Waals surface area (Å²) in [4.78, 5) is 39.2. The van der Waals surface area contributed by atoms with Crippen LogP contribution in [-0.4, -0.2) is 64.5 Å². The Bertz CT molecular complexity index is 507. The second-order valence-corrected chi connectivity index (χ2v) is 7.04. The Kier molecular flexibility index (Phi) is 4.31. The number of aliphatic hydroxyl groups excluding tert-OH is 1. The average Bonchev–Trinajstić information content (AvgIpc) is 2.79. The highest BCUT2D eigenvalue weighted by atomic mass is 16.3. The average molecular weight is 323 g/mol. The molecule has 128 valence electrons. The number of amides is 4. The van der Waals surface area contributed by atoms with E-state index in [9.17, 15) is 19.5 Å². The number of hydrogen-bond acceptors (Lipinski definition) is 4. The summed E-state index contributed by atoms with van der Waals surface area (Å²) in [5, 5.41) is 13.1. The van der Waals surface area contributed by atoms with Crippen LogP contribution < -0.4 is 5.32 Å². The van der Waals surface area contributed by atoms with Crippen LogP contribution in [0.5, 0.6) is 0 Å². The lowest BCUT2D eigenvalue weighted by molar-refractivity contribution is -0.147. The third kappa shape index (κ3) is 2.82. The van der Waals surface area contributed by atoms with Gasteiger partial charge in [-0.1, -0.05) is 19.3 Å². The maximum absolute atomic E-state index is 12.5. The molecule has 3 rings (SSSR count). The molecule has 2 saturated heterocycles. The summed E-state index contributed by atoms with van der Waals surface area (Å²) in [6.45, 7) is 0.783. The summed E-state index contributed by atoms with van der Waals surface area (Å²) < 4.78 is 0. The van der Waals surface area contributed by atoms with Gasteiger partial charge in [0.2, 0.25) is 0 Å². The fourth-order valence-electron chi connectivity index (χ4n) is 4.04. The van der Waals surface area contributed by atoms with E-state index in [0.717, 1.165) is 30.6 Å². The summed E-state index contributed by atoms with van der Waals surface area (Å²) in [5.41, 5.74) is -0.863. The molecule has 0 radical (unpaired) electrons. The summed E-state index contributed by atoms with van der Waals surface area (Å²) in [6, 6.07) is -0.378. The number of urea groups is 1. The predicted octanol–water partition coefficient (Wildman–Crippen LogP) is 0.470. The zero-order valence-electron chi connectivity index (χ0n) is 13.6. The van der Waals surface area contributed by atoms with Gasteiger partial charge in [0.15, 0.2) is 0 Å². The molecule has 3 fully saturated rings. The number of rotatable bonds is 2. The van der Waals surface area contributed by atoms with Crippen molar-refractivity contribution in [3.8, 4) is 0 Å². The van der Waals surface area contributed by atoms with Crippen LogP contribution in [0.2, 0.25) is 0 Å². The maximum Gasteiger partial charge on any atom is 0.324 e. The number of nitrogens with zero attached hydrogens (tertiary/aromatic N) is 2. The quantitative estimate of drug-likeness (QED) is 0.723. The van der Waals surface area contributed by atoms with E-state index < -0.39 is 11.6 Å². The molecule has 0 aromatic carbocycles. The minimum atomic E-state index is -0.930. The van der Waals surface area contributed by atoms with Crippen molar-refractivity contribution in [3.63, 3.8) is 0 Å². The minimum Gasteiger partial charge on any atom is -0.383 e. The maximum atomic E-state index is 12.5. The van der Waals surface area contributed by atoms with Gasteiger partial charge in [0.25, 0.3) is 11.8 Å². The molecule has 7 nitrogen and oxygen atoms in total. The molecule has 7 heteroatoms. The van der Waals surface area contributed by atoms with Crippen molar-refractivity contribution in [2.24, 2.45) is 5.92 Å². The number of nitrogens with one attached hydrogen (secondary N) is 1. The zero-order valence-corrected chi connectivity index (χ0v) is 13.6. The largest absolute Gasteiger partial charge is 0.383 e. The molecular weight excluding hydrogens is 298 g/mol. The number of hydrogen-bond donors (Lipinski definition) is 2. The molecule has 4 amide bonds. The van der Waals surface area contributed by atoms with Crippen LogP contribution in [0.15, 0.2) is 0 Å². The highest BCUT2D eigenvalue weighted by Gasteiger charge is 2.51. The summed E-state index contributed by atoms with van der Waals surface area (Å²) in [5.74, 6) is -0.384. The van der Waals surface area contributed by atoms with Crippen molar-refractivity contribution in [1.29, 1.82) is 0 Å². The Morgan fingerprint density at radius 3 is 2.35 bits per heavy atom. The van der Waals surface area contributed by atoms with Crippen LogP contribution in [0.4, 0.5) is 4.79 Å². The lowest BCUT2D eigenvalue weighted by Gasteiger charge is -2.39. The van der Waals surface area contributed by atoms with Crippen LogP contribution in [0, 0.1) is 5.92 Å². The topological polar surface area (TPSA) is 90.0 Å². The van der Waals surface area contributed by atoms with E-state index >= 15 is 0 Å². The first kappa shape index (κ1) is 16.2. The number of likely N-dealkylation sites (N-methyl/N-ethyl adjacent to an activating group) is 1. The lowest BCUT2D eigenvalue weighted by Crippen LogP contribution is -2.57. The molecule has 1 aliphatic carbocycles. The molecule has 0 aromatic rings. The Morgan fingerprint density at radius 1 is 1.22 bits per heavy atom. The molecule has 2 N–H and O–H groups in total. The van der Waals surface area contributed by atoms with Gasteiger partial charge >= 0.3 is 6.03 Å². The number of carbonyl (C=O) groups is 3. The smallest absolute Gasteiger partial charge is 0.324 e. The second kappa shape index (κ2) is 6.11. The summed E-state index contributed by atoms with van der Waals surface area (Å²) in [6.07, 6.45) is 5.03. The molecule has 0 aromatic heterocycles. The summed E-state index contributed by atoms with van der Waals surface area (Å²) in [7, 11) is 1.47. The SMILES string of the molecule is CN1C(=O)NC2(CCN(C(=O)C(O)C3CCCCC3)CC2)C1=O. The van der Waals surface area contributed by atoms with Crippen molar-refractivity contribution in [2.45, 2.75) is 56.6 Å². The van der Waals surface area contributed by atoms with E-state index in [2.05, 4.69) is 5.32 Å². The van der Waals surface area contributed by atoms with Gasteiger partial charge in [-0.15, -0.1) is 0 Å². The molecule has 1 atom stereocenters. The first-order valence-electron chi connectivity index (χ1n) is 8.52. The van der Waals surface area contributed by atoms with Gasteiger partial charge < -0.3 is 15.3 Å². The van der Waals surface area contributed by atoms with Crippen molar-refractivity contribution < 1.29 is 19.5 Å². The lowest BCUT2D eigenvalue weighted by atomic mass is 9.83. The van der Waals surface area contributed by atoms with Gasteiger partial charge in [0.05, 0.1) is 0 Å². The number of carbonyl (C=O) groups excluding carboxylic acids is 3. The molecular formula is C16H25N3O4. The molecule has 2 heterocycles. The molecule has 0 bridgehead atoms. The standard InChI is InChI=1S/C16H25N3O4/c1-18-14(22)16(17-15(18)23)7-9-19(10-8-16)13(21)12(20)11-5-3-2-4-6-11/h11-12,20H,2-10H2,1H3,(H,17,23). The molecule has 2 aliphatic heterocycles. The Morgan fingerprint density at radius 2 is 1.83 bits per heavy atom. The van der Waals surface area contributed by atoms with E-state index in [1.165, 1.54) is 13.5 Å². The fourth-order valence-corrected chi connectivity index (χ4v) is 4.04. The Hall–Kier alpha value is -1.63. The number of piperidine rings is 1. The van der Waals surface area contributed by atoms with Crippen LogP contribution in [-0.2, 0) is 9.59 Å². The Labute approximate surface area is 136 Å². The van der Waals surface area contributed by atoms with Crippen molar-refractivity contribution >= 4 is 17.8 Å². The van der Waals surface area contributed by atoms with Crippen molar-refractivity contribution in [2.75, 3.05) is 20.1 Å². The van der Waals surface area contributed by atoms with Gasteiger partial charge in [-0.25, -0.2) is 4.79 Å². The highest BCUT2D eigenvalue weighted by Crippen LogP contribution is 2.31. The number of aliphatic hydroxyl groups is 1. The monoisotopic (exact) mass is 323 g/mol. The third-order valence-corrected chi connectivity index (χ3v) is 5.64. The van der Waals surface area contributed by atoms with Crippen LogP contribution in [0.1, 0.15) is 44.9 Å². The van der Waals surface area contributed by atoms with E-state index in [1.54, 1.807) is 4.90 Å². The van der Waals surface area contributed by atoms with E-state index in [4.69, 9.17) is 0 Å². The fraction of sp³-hybridized carbons (Fsp3) is 0.812. The van der Waals surface area contributed by atoms with Crippen LogP contribution >= 0.6 is 0 Å². The van der Waals surface area contributed by atoms with Crippen LogP contribution in [0.3, 0.4) is 0 Å². The first-order chi connectivity index (χ1) is 10.9. The van der Waals surface area contributed by atoms with Gasteiger partial charge in [0, 0.05) is 20.1 Å². The Balaban J connectivity index is 1.59. The van der Waals surface area contributed by atoms with E-state index in [-0.39, 0.29) is 23.8 Å². The molecule has 1 unspecified atom stereocenters. The van der Waals surface area contributed by atoms with E-state index in [1.807, 2.05) is 0 Å². The number of likely N-dealkylation sites (tertiary alicyclic amines) is 1. The third-order valence-electron chi connectivity index (χ3n) is 5.64. The minimum absolute atomic E-state index is 0.0612. The van der Waals surface area contributed by atoms with Gasteiger partial charge in [-0.05, 0) is 31.6 Å². The summed E-state index contributed by atoms with van der Waals surface area (Å²) >= 11 is 0. The second-order valence-electron chi connectivity index (χ2n) is 7.04. The van der Waals surface area contributed by atoms with Crippen LogP contribution in [0.25, 0.3) is 0 Å². The van der Waals surface area contributed by atoms with Gasteiger partial charge in [-0.2, -0.15) is 0 Å². The van der Waals surface area contributed by atoms with E-state index in [0.29, 0.717) is 25.9 Å². The molecule has 1 saturated carbocycles. The normalized spacial score (nSPS) is 26.5. The first-order valence-corrected chi connectivity index (χ1v) is 8.52. The van der Waals surface area contributed by atoms with Gasteiger partial charge in [0.1, 0.15) is 11.6 Å². The van der Waals surface area contributed by atoms with Gasteiger partial charge in [-0.3, -0.25) is 14.5 Å². The number of imide groups is 1. The zero-order chi connectivity index (χ0) is 16.6. The highest BCUT2D eigenvalue weighted by molar-refractivity contribution is 6.06. The molecule has 3 aliphatic rings. The van der Waals surface area contributed by atoms with Crippen molar-refractivity contribution in [3.05, 3.63) is 0 Å². The molecule has 23 heavy (non-hydrogen) atoms.